The molecular weight excluding hydrogens is 371 g/mol. The predicted molar refractivity (Wildman–Crippen MR) is 95.4 cm³/mol. The lowest BCUT2D eigenvalue weighted by molar-refractivity contribution is -0.115. The lowest BCUT2D eigenvalue weighted by Crippen LogP contribution is -2.15. The van der Waals surface area contributed by atoms with Gasteiger partial charge in [0.05, 0.1) is 33.9 Å². The number of aromatic nitrogens is 1. The Kier molecular flexibility index (Phi) is 4.71. The molecule has 0 spiro atoms. The minimum Gasteiger partial charge on any atom is -0.478 e. The van der Waals surface area contributed by atoms with Crippen molar-refractivity contribution < 1.29 is 14.7 Å². The summed E-state index contributed by atoms with van der Waals surface area (Å²) in [6.07, 6.45) is 0.0908. The largest absolute Gasteiger partial charge is 0.478 e. The lowest BCUT2D eigenvalue weighted by Gasteiger charge is -2.12. The fourth-order valence-corrected chi connectivity index (χ4v) is 3.50. The number of nitrogens with one attached hydrogen (secondary N) is 1. The number of carboxylic acid groups (broad SMARTS) is 1. The van der Waals surface area contributed by atoms with E-state index in [9.17, 15) is 14.7 Å². The molecule has 0 atom stereocenters. The summed E-state index contributed by atoms with van der Waals surface area (Å²) in [7, 11) is 0. The summed E-state index contributed by atoms with van der Waals surface area (Å²) < 4.78 is 0. The first-order valence-corrected chi connectivity index (χ1v) is 8.47. The van der Waals surface area contributed by atoms with Crippen LogP contribution >= 0.6 is 34.5 Å². The number of halogens is 2. The van der Waals surface area contributed by atoms with Gasteiger partial charge in [-0.05, 0) is 29.7 Å². The summed E-state index contributed by atoms with van der Waals surface area (Å²) in [5, 5.41) is 15.5. The van der Waals surface area contributed by atoms with E-state index < -0.39 is 5.97 Å². The molecule has 0 radical (unpaired) electrons. The summed E-state index contributed by atoms with van der Waals surface area (Å²) in [6.45, 7) is 0. The highest BCUT2D eigenvalue weighted by molar-refractivity contribution is 7.07. The van der Waals surface area contributed by atoms with E-state index in [-0.39, 0.29) is 17.9 Å². The number of fused-ring (bicyclic) bond motifs is 1. The predicted octanol–water partition coefficient (Wildman–Crippen LogP) is 4.48. The zero-order valence-corrected chi connectivity index (χ0v) is 14.4. The first-order valence-electron chi connectivity index (χ1n) is 6.77. The number of carbonyl (C=O) groups excluding carboxylic acids is 1. The molecule has 0 bridgehead atoms. The van der Waals surface area contributed by atoms with Gasteiger partial charge in [0.25, 0.3) is 0 Å². The molecule has 8 heteroatoms. The molecule has 2 N–H and O–H groups in total. The number of hydrogen-bond acceptors (Lipinski definition) is 4. The monoisotopic (exact) mass is 380 g/mol. The topological polar surface area (TPSA) is 79.3 Å². The standard InChI is InChI=1S/C16H10Cl2N2O3S/c17-10-2-8-1-9(16(22)23)3-13(15(8)12(18)4-10)20-14(21)5-11-6-24-7-19-11/h1-4,6-7H,5H2,(H,20,21)(H,22,23). The smallest absolute Gasteiger partial charge is 0.335 e. The number of carboxylic acids is 1. The summed E-state index contributed by atoms with van der Waals surface area (Å²) in [5.41, 5.74) is 2.64. The van der Waals surface area contributed by atoms with Crippen LogP contribution in [0, 0.1) is 0 Å². The molecule has 122 valence electrons. The van der Waals surface area contributed by atoms with Crippen molar-refractivity contribution in [2.75, 3.05) is 5.32 Å². The number of anilines is 1. The summed E-state index contributed by atoms with van der Waals surface area (Å²) in [5.74, 6) is -1.42. The van der Waals surface area contributed by atoms with E-state index in [2.05, 4.69) is 10.3 Å². The number of aromatic carboxylic acids is 1. The zero-order valence-electron chi connectivity index (χ0n) is 12.0. The Labute approximate surface area is 150 Å². The van der Waals surface area contributed by atoms with Gasteiger partial charge in [0, 0.05) is 15.8 Å². The number of amides is 1. The molecule has 5 nitrogen and oxygen atoms in total. The van der Waals surface area contributed by atoms with Gasteiger partial charge in [-0.25, -0.2) is 9.78 Å². The van der Waals surface area contributed by atoms with Crippen molar-refractivity contribution in [2.45, 2.75) is 6.42 Å². The fraction of sp³-hybridized carbons (Fsp3) is 0.0625. The van der Waals surface area contributed by atoms with Gasteiger partial charge in [-0.2, -0.15) is 0 Å². The zero-order chi connectivity index (χ0) is 17.3. The van der Waals surface area contributed by atoms with Crippen molar-refractivity contribution in [2.24, 2.45) is 0 Å². The van der Waals surface area contributed by atoms with E-state index >= 15 is 0 Å². The quantitative estimate of drug-likeness (QED) is 0.698. The second kappa shape index (κ2) is 6.76. The van der Waals surface area contributed by atoms with E-state index in [4.69, 9.17) is 23.2 Å². The molecule has 0 aliphatic rings. The minimum absolute atomic E-state index is 0.0322. The number of hydrogen-bond donors (Lipinski definition) is 2. The Morgan fingerprint density at radius 1 is 1.21 bits per heavy atom. The van der Waals surface area contributed by atoms with Crippen LogP contribution in [0.15, 0.2) is 35.2 Å². The van der Waals surface area contributed by atoms with Crippen LogP contribution in [0.2, 0.25) is 10.0 Å². The summed E-state index contributed by atoms with van der Waals surface area (Å²) >= 11 is 13.6. The average Bonchev–Trinajstić information content (AvgIpc) is 2.98. The molecule has 0 saturated heterocycles. The third-order valence-electron chi connectivity index (χ3n) is 3.31. The maximum Gasteiger partial charge on any atom is 0.335 e. The molecule has 0 aliphatic carbocycles. The van der Waals surface area contributed by atoms with Crippen LogP contribution in [0.3, 0.4) is 0 Å². The third-order valence-corrected chi connectivity index (χ3v) is 4.46. The molecule has 1 heterocycles. The van der Waals surface area contributed by atoms with Crippen molar-refractivity contribution in [1.82, 2.24) is 4.98 Å². The molecule has 0 saturated carbocycles. The fourth-order valence-electron chi connectivity index (χ4n) is 2.33. The molecule has 1 aromatic heterocycles. The third kappa shape index (κ3) is 3.51. The van der Waals surface area contributed by atoms with E-state index in [1.807, 2.05) is 0 Å². The number of rotatable bonds is 4. The van der Waals surface area contributed by atoms with Crippen LogP contribution in [0.1, 0.15) is 16.1 Å². The van der Waals surface area contributed by atoms with Gasteiger partial charge in [0.2, 0.25) is 5.91 Å². The molecule has 3 aromatic rings. The normalized spacial score (nSPS) is 10.8. The summed E-state index contributed by atoms with van der Waals surface area (Å²) in [6, 6.07) is 5.99. The second-order valence-electron chi connectivity index (χ2n) is 5.02. The highest BCUT2D eigenvalue weighted by Gasteiger charge is 2.15. The first-order chi connectivity index (χ1) is 11.4. The summed E-state index contributed by atoms with van der Waals surface area (Å²) in [4.78, 5) is 27.6. The molecule has 3 rings (SSSR count). The van der Waals surface area contributed by atoms with Gasteiger partial charge in [-0.15, -0.1) is 11.3 Å². The van der Waals surface area contributed by atoms with Crippen LogP contribution < -0.4 is 5.32 Å². The van der Waals surface area contributed by atoms with Crippen LogP contribution in [0.4, 0.5) is 5.69 Å². The van der Waals surface area contributed by atoms with Crippen molar-refractivity contribution in [1.29, 1.82) is 0 Å². The van der Waals surface area contributed by atoms with Crippen molar-refractivity contribution in [3.63, 3.8) is 0 Å². The van der Waals surface area contributed by atoms with Crippen LogP contribution in [0.5, 0.6) is 0 Å². The van der Waals surface area contributed by atoms with Gasteiger partial charge in [-0.1, -0.05) is 23.2 Å². The number of thiazole rings is 1. The van der Waals surface area contributed by atoms with Gasteiger partial charge >= 0.3 is 5.97 Å². The highest BCUT2D eigenvalue weighted by atomic mass is 35.5. The molecule has 0 fully saturated rings. The molecule has 2 aromatic carbocycles. The maximum absolute atomic E-state index is 12.2. The highest BCUT2D eigenvalue weighted by Crippen LogP contribution is 2.34. The van der Waals surface area contributed by atoms with Crippen LogP contribution in [-0.2, 0) is 11.2 Å². The van der Waals surface area contributed by atoms with Gasteiger partial charge in [-0.3, -0.25) is 4.79 Å². The Morgan fingerprint density at radius 3 is 2.67 bits per heavy atom. The van der Waals surface area contributed by atoms with Gasteiger partial charge in [0.15, 0.2) is 0 Å². The Balaban J connectivity index is 2.04. The van der Waals surface area contributed by atoms with E-state index in [1.165, 1.54) is 23.5 Å². The molecular formula is C16H10Cl2N2O3S. The van der Waals surface area contributed by atoms with Gasteiger partial charge in [0.1, 0.15) is 0 Å². The molecule has 24 heavy (non-hydrogen) atoms. The molecule has 0 unspecified atom stereocenters. The van der Waals surface area contributed by atoms with Crippen LogP contribution in [0.25, 0.3) is 10.8 Å². The van der Waals surface area contributed by atoms with E-state index in [1.54, 1.807) is 23.0 Å². The minimum atomic E-state index is -1.11. The van der Waals surface area contributed by atoms with Crippen molar-refractivity contribution in [3.8, 4) is 0 Å². The lowest BCUT2D eigenvalue weighted by atomic mass is 10.0. The Bertz CT molecular complexity index is 942. The van der Waals surface area contributed by atoms with Crippen molar-refractivity contribution >= 4 is 62.9 Å². The SMILES string of the molecule is O=C(Cc1cscn1)Nc1cc(C(=O)O)cc2cc(Cl)cc(Cl)c12. The Hall–Kier alpha value is -2.15. The second-order valence-corrected chi connectivity index (χ2v) is 6.58. The number of carbonyl (C=O) groups is 2. The van der Waals surface area contributed by atoms with Gasteiger partial charge < -0.3 is 10.4 Å². The van der Waals surface area contributed by atoms with Crippen molar-refractivity contribution in [3.05, 3.63) is 56.5 Å². The Morgan fingerprint density at radius 2 is 2.00 bits per heavy atom. The number of nitrogens with zero attached hydrogens (tertiary/aromatic N) is 1. The number of benzene rings is 2. The van der Waals surface area contributed by atoms with Crippen LogP contribution in [-0.4, -0.2) is 22.0 Å². The molecule has 0 aliphatic heterocycles. The maximum atomic E-state index is 12.2. The first kappa shape index (κ1) is 16.7. The average molecular weight is 381 g/mol. The van der Waals surface area contributed by atoms with E-state index in [0.29, 0.717) is 32.2 Å². The van der Waals surface area contributed by atoms with E-state index in [0.717, 1.165) is 0 Å². The molecule has 1 amide bonds.